The van der Waals surface area contributed by atoms with Crippen LogP contribution in [0.3, 0.4) is 0 Å². The summed E-state index contributed by atoms with van der Waals surface area (Å²) in [4.78, 5) is 50.5. The molecule has 0 saturated carbocycles. The molecule has 3 heterocycles. The molecule has 0 radical (unpaired) electrons. The van der Waals surface area contributed by atoms with Gasteiger partial charge in [-0.3, -0.25) is 9.59 Å². The van der Waals surface area contributed by atoms with Crippen molar-refractivity contribution in [3.05, 3.63) is 64.1 Å². The van der Waals surface area contributed by atoms with Gasteiger partial charge in [0, 0.05) is 56.0 Å². The van der Waals surface area contributed by atoms with Crippen LogP contribution in [-0.2, 0) is 16.1 Å². The number of esters is 1. The van der Waals surface area contributed by atoms with Gasteiger partial charge in [-0.25, -0.2) is 9.59 Å². The van der Waals surface area contributed by atoms with Crippen molar-refractivity contribution in [3.8, 4) is 0 Å². The van der Waals surface area contributed by atoms with Crippen LogP contribution in [0.15, 0.2) is 47.3 Å². The Balaban J connectivity index is 1.24. The maximum absolute atomic E-state index is 12.7. The predicted octanol–water partition coefficient (Wildman–Crippen LogP) is 2.18. The molecule has 2 bridgehead atoms. The lowest BCUT2D eigenvalue weighted by atomic mass is 9.83. The van der Waals surface area contributed by atoms with E-state index in [1.54, 1.807) is 48.2 Å². The number of aromatic nitrogens is 1. The first-order chi connectivity index (χ1) is 15.9. The number of nitrogens with zero attached hydrogens (tertiary/aromatic N) is 2. The van der Waals surface area contributed by atoms with Crippen molar-refractivity contribution in [2.45, 2.75) is 32.2 Å². The Labute approximate surface area is 191 Å². The number of fused-ring (bicyclic) bond motifs is 4. The monoisotopic (exact) mass is 452 g/mol. The molecule has 9 heteroatoms. The van der Waals surface area contributed by atoms with Crippen LogP contribution in [0.1, 0.15) is 41.7 Å². The minimum atomic E-state index is -0.407. The number of ether oxygens (including phenoxy) is 1. The van der Waals surface area contributed by atoms with Gasteiger partial charge in [0.1, 0.15) is 0 Å². The summed E-state index contributed by atoms with van der Waals surface area (Å²) in [6.45, 7) is 4.05. The molecule has 0 spiro atoms. The summed E-state index contributed by atoms with van der Waals surface area (Å²) in [6, 6.07) is 11.6. The lowest BCUT2D eigenvalue weighted by Gasteiger charge is -2.42. The number of nitrogens with one attached hydrogen (secondary N) is 2. The van der Waals surface area contributed by atoms with Crippen molar-refractivity contribution in [2.24, 2.45) is 5.92 Å². The molecule has 2 N–H and O–H groups in total. The summed E-state index contributed by atoms with van der Waals surface area (Å²) in [5.74, 6) is -0.237. The van der Waals surface area contributed by atoms with Crippen molar-refractivity contribution >= 4 is 23.6 Å². The van der Waals surface area contributed by atoms with Crippen LogP contribution in [0.4, 0.5) is 10.5 Å². The standard InChI is InChI=1S/C24H28N4O5/c1-2-33-23(31)17-6-8-19(9-7-17)26-21(29)10-11-25-24(32)27-13-16-12-18(15-27)20-4-3-5-22(30)28(20)14-16/h3-9,16,18H,2,10-15H2,1H3,(H,25,32)(H,26,29)/t16-,18-/m0/s1. The van der Waals surface area contributed by atoms with Gasteiger partial charge in [-0.1, -0.05) is 6.07 Å². The van der Waals surface area contributed by atoms with Crippen LogP contribution < -0.4 is 16.2 Å². The highest BCUT2D eigenvalue weighted by Crippen LogP contribution is 2.34. The first-order valence-corrected chi connectivity index (χ1v) is 11.2. The number of carbonyl (C=O) groups is 3. The molecule has 2 aliphatic rings. The van der Waals surface area contributed by atoms with Crippen LogP contribution >= 0.6 is 0 Å². The summed E-state index contributed by atoms with van der Waals surface area (Å²) < 4.78 is 6.77. The Kier molecular flexibility index (Phi) is 6.76. The van der Waals surface area contributed by atoms with E-state index >= 15 is 0 Å². The first kappa shape index (κ1) is 22.6. The normalized spacial score (nSPS) is 18.8. The van der Waals surface area contributed by atoms with Crippen LogP contribution in [-0.4, -0.2) is 53.6 Å². The van der Waals surface area contributed by atoms with Gasteiger partial charge in [-0.2, -0.15) is 0 Å². The molecular weight excluding hydrogens is 424 g/mol. The molecule has 9 nitrogen and oxygen atoms in total. The third kappa shape index (κ3) is 5.24. The van der Waals surface area contributed by atoms with E-state index in [2.05, 4.69) is 10.6 Å². The first-order valence-electron chi connectivity index (χ1n) is 11.2. The number of likely N-dealkylation sites (tertiary alicyclic amines) is 1. The number of pyridine rings is 1. The predicted molar refractivity (Wildman–Crippen MR) is 122 cm³/mol. The molecule has 0 aliphatic carbocycles. The fraction of sp³-hybridized carbons (Fsp3) is 0.417. The quantitative estimate of drug-likeness (QED) is 0.653. The second-order valence-corrected chi connectivity index (χ2v) is 8.43. The highest BCUT2D eigenvalue weighted by atomic mass is 16.5. The van der Waals surface area contributed by atoms with Gasteiger partial charge in [-0.05, 0) is 49.6 Å². The molecular formula is C24H28N4O5. The van der Waals surface area contributed by atoms with Gasteiger partial charge in [0.15, 0.2) is 0 Å². The number of carbonyl (C=O) groups excluding carboxylic acids is 3. The zero-order valence-electron chi connectivity index (χ0n) is 18.6. The maximum Gasteiger partial charge on any atom is 0.338 e. The van der Waals surface area contributed by atoms with Gasteiger partial charge < -0.3 is 24.8 Å². The number of amides is 3. The average molecular weight is 453 g/mol. The largest absolute Gasteiger partial charge is 0.462 e. The Morgan fingerprint density at radius 1 is 1.06 bits per heavy atom. The van der Waals surface area contributed by atoms with Crippen LogP contribution in [0.25, 0.3) is 0 Å². The molecule has 4 rings (SSSR count). The van der Waals surface area contributed by atoms with Crippen molar-refractivity contribution in [2.75, 3.05) is 31.6 Å². The van der Waals surface area contributed by atoms with Gasteiger partial charge >= 0.3 is 12.0 Å². The number of benzene rings is 1. The number of rotatable bonds is 6. The molecule has 2 aliphatic heterocycles. The molecule has 1 aromatic heterocycles. The molecule has 0 unspecified atom stereocenters. The van der Waals surface area contributed by atoms with Crippen LogP contribution in [0.2, 0.25) is 0 Å². The number of urea groups is 1. The molecule has 1 aromatic carbocycles. The van der Waals surface area contributed by atoms with Crippen molar-refractivity contribution in [1.82, 2.24) is 14.8 Å². The highest BCUT2D eigenvalue weighted by molar-refractivity contribution is 5.93. The summed E-state index contributed by atoms with van der Waals surface area (Å²) in [5, 5.41) is 5.58. The van der Waals surface area contributed by atoms with E-state index in [-0.39, 0.29) is 42.3 Å². The Morgan fingerprint density at radius 3 is 2.61 bits per heavy atom. The third-order valence-electron chi connectivity index (χ3n) is 6.08. The van der Waals surface area contributed by atoms with E-state index in [1.807, 2.05) is 10.6 Å². The van der Waals surface area contributed by atoms with Gasteiger partial charge in [0.25, 0.3) is 5.56 Å². The average Bonchev–Trinajstić information content (AvgIpc) is 2.80. The van der Waals surface area contributed by atoms with E-state index in [1.165, 1.54) is 0 Å². The van der Waals surface area contributed by atoms with E-state index in [9.17, 15) is 19.2 Å². The van der Waals surface area contributed by atoms with Gasteiger partial charge in [0.05, 0.1) is 12.2 Å². The van der Waals surface area contributed by atoms with E-state index < -0.39 is 5.97 Å². The van der Waals surface area contributed by atoms with E-state index in [0.29, 0.717) is 37.5 Å². The van der Waals surface area contributed by atoms with Crippen LogP contribution in [0.5, 0.6) is 0 Å². The molecule has 2 aromatic rings. The summed E-state index contributed by atoms with van der Waals surface area (Å²) in [6.07, 6.45) is 1.11. The van der Waals surface area contributed by atoms with Gasteiger partial charge in [-0.15, -0.1) is 0 Å². The number of hydrogen-bond acceptors (Lipinski definition) is 5. The second-order valence-electron chi connectivity index (χ2n) is 8.43. The summed E-state index contributed by atoms with van der Waals surface area (Å²) in [7, 11) is 0. The minimum Gasteiger partial charge on any atom is -0.462 e. The lowest BCUT2D eigenvalue weighted by Crippen LogP contribution is -2.52. The molecule has 174 valence electrons. The zero-order chi connectivity index (χ0) is 23.4. The molecule has 3 amide bonds. The Hall–Kier alpha value is -3.62. The maximum atomic E-state index is 12.7. The molecule has 1 fully saturated rings. The summed E-state index contributed by atoms with van der Waals surface area (Å²) >= 11 is 0. The number of hydrogen-bond donors (Lipinski definition) is 2. The minimum absolute atomic E-state index is 0.0154. The topological polar surface area (TPSA) is 110 Å². The Bertz CT molecular complexity index is 1090. The third-order valence-corrected chi connectivity index (χ3v) is 6.08. The second kappa shape index (κ2) is 9.89. The van der Waals surface area contributed by atoms with Crippen molar-refractivity contribution < 1.29 is 19.1 Å². The highest BCUT2D eigenvalue weighted by Gasteiger charge is 2.36. The number of anilines is 1. The molecule has 33 heavy (non-hydrogen) atoms. The summed E-state index contributed by atoms with van der Waals surface area (Å²) in [5.41, 5.74) is 1.99. The zero-order valence-corrected chi connectivity index (χ0v) is 18.6. The van der Waals surface area contributed by atoms with Crippen molar-refractivity contribution in [1.29, 1.82) is 0 Å². The smallest absolute Gasteiger partial charge is 0.338 e. The molecule has 2 atom stereocenters. The fourth-order valence-corrected chi connectivity index (χ4v) is 4.58. The lowest BCUT2D eigenvalue weighted by molar-refractivity contribution is -0.116. The fourth-order valence-electron chi connectivity index (χ4n) is 4.58. The molecule has 1 saturated heterocycles. The van der Waals surface area contributed by atoms with Crippen LogP contribution in [0, 0.1) is 5.92 Å². The SMILES string of the molecule is CCOC(=O)c1ccc(NC(=O)CCNC(=O)N2C[C@@H]3C[C@@H](C2)c2cccc(=O)n2C3)cc1. The van der Waals surface area contributed by atoms with E-state index in [0.717, 1.165) is 12.1 Å². The van der Waals surface area contributed by atoms with Crippen molar-refractivity contribution in [3.63, 3.8) is 0 Å². The number of piperidine rings is 1. The van der Waals surface area contributed by atoms with Gasteiger partial charge in [0.2, 0.25) is 5.91 Å². The van der Waals surface area contributed by atoms with E-state index in [4.69, 9.17) is 4.74 Å². The Morgan fingerprint density at radius 2 is 1.85 bits per heavy atom.